The molecule has 1 heterocycles. The third kappa shape index (κ3) is 25.9. The number of ether oxygens (including phenoxy) is 5. The highest BCUT2D eigenvalue weighted by Crippen LogP contribution is 2.29. The largest absolute Gasteiger partial charge is 0.508 e. The van der Waals surface area contributed by atoms with E-state index < -0.39 is 65.8 Å². The average Bonchev–Trinajstić information content (AvgIpc) is 3.22. The van der Waals surface area contributed by atoms with Gasteiger partial charge in [0, 0.05) is 6.42 Å². The number of carbonyl (C=O) groups excluding carboxylic acids is 3. The smallest absolute Gasteiger partial charge is 0.462 e. The molecule has 0 radical (unpaired) electrons. The van der Waals surface area contributed by atoms with Crippen molar-refractivity contribution in [3.05, 3.63) is 35.9 Å². The van der Waals surface area contributed by atoms with Crippen LogP contribution in [0.5, 0.6) is 0 Å². The molecule has 14 heteroatoms. The number of amides is 1. The van der Waals surface area contributed by atoms with Crippen molar-refractivity contribution < 1.29 is 48.3 Å². The first-order valence-electron chi connectivity index (χ1n) is 23.0. The van der Waals surface area contributed by atoms with Gasteiger partial charge in [0.15, 0.2) is 12.4 Å². The van der Waals surface area contributed by atoms with Gasteiger partial charge in [-0.15, -0.1) is 0 Å². The molecule has 60 heavy (non-hydrogen) atoms. The SMILES string of the molecule is CCCCCCCCCCCCCCCC(=O)O[C@H](CCCCCCCCCCC)CC(=O)N[C@@H]1[C@@H](OCc2ccccc2)O[C@H](CO)[C@@H](O)[C@@H]1OC(=O)OCC(Cl)(Cl)Cl. The Morgan fingerprint density at radius 2 is 1.28 bits per heavy atom. The Hall–Kier alpha value is -1.86. The van der Waals surface area contributed by atoms with E-state index in [1.165, 1.54) is 89.9 Å². The lowest BCUT2D eigenvalue weighted by molar-refractivity contribution is -0.274. The van der Waals surface area contributed by atoms with Crippen molar-refractivity contribution in [2.24, 2.45) is 0 Å². The monoisotopic (exact) mass is 907 g/mol. The first kappa shape index (κ1) is 54.3. The maximum atomic E-state index is 13.8. The molecular formula is C46H76Cl3NO10. The number of rotatable bonds is 34. The van der Waals surface area contributed by atoms with Crippen LogP contribution in [-0.2, 0) is 39.9 Å². The van der Waals surface area contributed by atoms with Crippen molar-refractivity contribution >= 4 is 52.8 Å². The van der Waals surface area contributed by atoms with Crippen molar-refractivity contribution in [2.45, 2.75) is 222 Å². The summed E-state index contributed by atoms with van der Waals surface area (Å²) < 4.78 is 26.4. The summed E-state index contributed by atoms with van der Waals surface area (Å²) in [7, 11) is 0. The van der Waals surface area contributed by atoms with E-state index in [1.54, 1.807) is 0 Å². The predicted molar refractivity (Wildman–Crippen MR) is 238 cm³/mol. The maximum absolute atomic E-state index is 13.8. The number of hydrogen-bond acceptors (Lipinski definition) is 10. The summed E-state index contributed by atoms with van der Waals surface area (Å²) in [5, 5.41) is 24.0. The van der Waals surface area contributed by atoms with Crippen LogP contribution in [0.1, 0.15) is 180 Å². The number of esters is 1. The lowest BCUT2D eigenvalue weighted by atomic mass is 9.96. The fourth-order valence-corrected chi connectivity index (χ4v) is 7.57. The van der Waals surface area contributed by atoms with Gasteiger partial charge in [-0.3, -0.25) is 9.59 Å². The minimum Gasteiger partial charge on any atom is -0.462 e. The lowest BCUT2D eigenvalue weighted by Crippen LogP contribution is -2.66. The van der Waals surface area contributed by atoms with Crippen molar-refractivity contribution in [3.8, 4) is 0 Å². The minimum atomic E-state index is -1.93. The van der Waals surface area contributed by atoms with Crippen molar-refractivity contribution in [2.75, 3.05) is 13.2 Å². The number of hydrogen-bond donors (Lipinski definition) is 3. The zero-order valence-corrected chi connectivity index (χ0v) is 38.7. The first-order valence-corrected chi connectivity index (χ1v) is 24.1. The molecule has 1 aliphatic rings. The molecule has 2 rings (SSSR count). The number of benzene rings is 1. The molecule has 0 bridgehead atoms. The lowest BCUT2D eigenvalue weighted by Gasteiger charge is -2.43. The topological polar surface area (TPSA) is 150 Å². The van der Waals surface area contributed by atoms with Gasteiger partial charge in [-0.05, 0) is 24.8 Å². The Labute approximate surface area is 375 Å². The van der Waals surface area contributed by atoms with Gasteiger partial charge >= 0.3 is 12.1 Å². The van der Waals surface area contributed by atoms with Gasteiger partial charge in [0.25, 0.3) is 0 Å². The van der Waals surface area contributed by atoms with E-state index >= 15 is 0 Å². The molecule has 346 valence electrons. The molecule has 1 fully saturated rings. The second-order valence-corrected chi connectivity index (χ2v) is 18.8. The van der Waals surface area contributed by atoms with E-state index in [0.29, 0.717) is 6.42 Å². The summed E-state index contributed by atoms with van der Waals surface area (Å²) >= 11 is 17.2. The second kappa shape index (κ2) is 33.7. The molecule has 0 unspecified atom stereocenters. The highest BCUT2D eigenvalue weighted by Gasteiger charge is 2.49. The molecule has 1 aliphatic heterocycles. The predicted octanol–water partition coefficient (Wildman–Crippen LogP) is 11.4. The quantitative estimate of drug-likeness (QED) is 0.0346. The number of carbonyl (C=O) groups is 3. The summed E-state index contributed by atoms with van der Waals surface area (Å²) in [6.45, 7) is 3.20. The second-order valence-electron chi connectivity index (χ2n) is 16.3. The summed E-state index contributed by atoms with van der Waals surface area (Å²) in [5.41, 5.74) is 0.786. The fraction of sp³-hybridized carbons (Fsp3) is 0.804. The van der Waals surface area contributed by atoms with Gasteiger partial charge < -0.3 is 39.2 Å². The van der Waals surface area contributed by atoms with E-state index in [4.69, 9.17) is 58.5 Å². The third-order valence-electron chi connectivity index (χ3n) is 10.8. The van der Waals surface area contributed by atoms with Crippen LogP contribution < -0.4 is 5.32 Å². The molecule has 6 atom stereocenters. The van der Waals surface area contributed by atoms with Crippen molar-refractivity contribution in [1.82, 2.24) is 5.32 Å². The Morgan fingerprint density at radius 3 is 1.80 bits per heavy atom. The normalized spacial score (nSPS) is 19.8. The highest BCUT2D eigenvalue weighted by molar-refractivity contribution is 6.67. The fourth-order valence-electron chi connectivity index (χ4n) is 7.41. The summed E-state index contributed by atoms with van der Waals surface area (Å²) in [6.07, 6.45) is 18.8. The number of unbranched alkanes of at least 4 members (excludes halogenated alkanes) is 20. The minimum absolute atomic E-state index is 0.0363. The Bertz CT molecular complexity index is 1260. The molecule has 0 saturated carbocycles. The molecule has 1 aromatic rings. The van der Waals surface area contributed by atoms with E-state index in [-0.39, 0.29) is 25.4 Å². The Kier molecular flexibility index (Phi) is 30.5. The van der Waals surface area contributed by atoms with Crippen LogP contribution in [0.15, 0.2) is 30.3 Å². The van der Waals surface area contributed by atoms with Gasteiger partial charge in [-0.1, -0.05) is 207 Å². The number of aliphatic hydroxyl groups is 2. The molecule has 0 aliphatic carbocycles. The van der Waals surface area contributed by atoms with Crippen LogP contribution in [0.2, 0.25) is 0 Å². The van der Waals surface area contributed by atoms with Crippen LogP contribution in [0, 0.1) is 0 Å². The van der Waals surface area contributed by atoms with Crippen molar-refractivity contribution in [1.29, 1.82) is 0 Å². The van der Waals surface area contributed by atoms with Gasteiger partial charge in [0.2, 0.25) is 9.70 Å². The summed E-state index contributed by atoms with van der Waals surface area (Å²) in [5.74, 6) is -0.875. The molecule has 1 aromatic carbocycles. The number of aliphatic hydroxyl groups excluding tert-OH is 2. The summed E-state index contributed by atoms with van der Waals surface area (Å²) in [6, 6.07) is 7.92. The zero-order valence-electron chi connectivity index (χ0n) is 36.4. The molecule has 3 N–H and O–H groups in total. The van der Waals surface area contributed by atoms with Crippen LogP contribution in [0.4, 0.5) is 4.79 Å². The first-order chi connectivity index (χ1) is 29.0. The van der Waals surface area contributed by atoms with E-state index in [9.17, 15) is 24.6 Å². The Balaban J connectivity index is 2.05. The zero-order chi connectivity index (χ0) is 43.9. The van der Waals surface area contributed by atoms with Crippen LogP contribution in [0.25, 0.3) is 0 Å². The third-order valence-corrected chi connectivity index (χ3v) is 11.2. The molecule has 1 amide bonds. The Morgan fingerprint density at radius 1 is 0.767 bits per heavy atom. The van der Waals surface area contributed by atoms with Crippen LogP contribution >= 0.6 is 34.8 Å². The van der Waals surface area contributed by atoms with Crippen LogP contribution in [-0.4, -0.2) is 82.0 Å². The molecule has 11 nitrogen and oxygen atoms in total. The number of alkyl halides is 3. The van der Waals surface area contributed by atoms with Gasteiger partial charge in [-0.2, -0.15) is 0 Å². The van der Waals surface area contributed by atoms with Gasteiger partial charge in [-0.25, -0.2) is 4.79 Å². The highest BCUT2D eigenvalue weighted by atomic mass is 35.6. The molecule has 0 aromatic heterocycles. The average molecular weight is 909 g/mol. The summed E-state index contributed by atoms with van der Waals surface area (Å²) in [4.78, 5) is 39.7. The number of nitrogens with one attached hydrogen (secondary N) is 1. The molecule has 1 saturated heterocycles. The molecule has 0 spiro atoms. The van der Waals surface area contributed by atoms with Crippen molar-refractivity contribution in [3.63, 3.8) is 0 Å². The van der Waals surface area contributed by atoms with Gasteiger partial charge in [0.1, 0.15) is 31.0 Å². The van der Waals surface area contributed by atoms with E-state index in [2.05, 4.69) is 19.2 Å². The maximum Gasteiger partial charge on any atom is 0.508 e. The number of halogens is 3. The van der Waals surface area contributed by atoms with Crippen LogP contribution in [0.3, 0.4) is 0 Å². The van der Waals surface area contributed by atoms with Gasteiger partial charge in [0.05, 0.1) is 19.6 Å². The van der Waals surface area contributed by atoms with E-state index in [0.717, 1.165) is 56.9 Å². The standard InChI is InChI=1S/C46H76Cl3NO10/c1-3-5-7-9-11-13-14-15-16-18-20-22-27-31-40(53)58-37(30-26-21-19-17-12-10-8-6-4-2)32-39(52)50-41-43(60-45(55)57-35-46(47,48)49)42(54)38(33-51)59-44(41)56-34-36-28-24-23-25-29-36/h23-25,28-29,37-38,41-44,51,54H,3-22,26-27,30-35H2,1-2H3,(H,50,52)/t37-,38-,41+,42-,43-,44+/m1/s1. The molecular weight excluding hydrogens is 833 g/mol. The van der Waals surface area contributed by atoms with E-state index in [1.807, 2.05) is 30.3 Å².